The number of carboxylic acid groups (broad SMARTS) is 1. The van der Waals surface area contributed by atoms with Crippen molar-refractivity contribution in [3.05, 3.63) is 48.2 Å². The van der Waals surface area contributed by atoms with E-state index in [4.69, 9.17) is 0 Å². The third-order valence-corrected chi connectivity index (χ3v) is 2.57. The van der Waals surface area contributed by atoms with Crippen molar-refractivity contribution < 1.29 is 9.90 Å². The zero-order valence-electron chi connectivity index (χ0n) is 10.1. The van der Waals surface area contributed by atoms with Crippen LogP contribution in [0.15, 0.2) is 42.6 Å². The molecule has 4 heteroatoms. The molecule has 0 aliphatic carbocycles. The summed E-state index contributed by atoms with van der Waals surface area (Å²) < 4.78 is 0. The number of rotatable bonds is 4. The summed E-state index contributed by atoms with van der Waals surface area (Å²) in [5.41, 5.74) is 2.48. The predicted octanol–water partition coefficient (Wildman–Crippen LogP) is 2.92. The van der Waals surface area contributed by atoms with Crippen LogP contribution in [0.1, 0.15) is 17.3 Å². The summed E-state index contributed by atoms with van der Waals surface area (Å²) in [4.78, 5) is 15.4. The van der Waals surface area contributed by atoms with E-state index >= 15 is 0 Å². The van der Waals surface area contributed by atoms with E-state index in [1.807, 2.05) is 31.2 Å². The average Bonchev–Trinajstić information content (AvgIpc) is 2.35. The highest BCUT2D eigenvalue weighted by atomic mass is 16.4. The van der Waals surface area contributed by atoms with Crippen LogP contribution in [-0.4, -0.2) is 22.6 Å². The van der Waals surface area contributed by atoms with Crippen molar-refractivity contribution in [3.63, 3.8) is 0 Å². The van der Waals surface area contributed by atoms with E-state index in [1.54, 1.807) is 0 Å². The molecular weight excluding hydrogens is 228 g/mol. The van der Waals surface area contributed by atoms with E-state index in [9.17, 15) is 9.90 Å². The first-order valence-corrected chi connectivity index (χ1v) is 5.59. The van der Waals surface area contributed by atoms with Gasteiger partial charge >= 0.3 is 5.97 Å². The van der Waals surface area contributed by atoms with Gasteiger partial charge in [-0.25, -0.2) is 4.79 Å². The summed E-state index contributed by atoms with van der Waals surface area (Å²) >= 11 is 0. The van der Waals surface area contributed by atoms with E-state index < -0.39 is 5.97 Å². The van der Waals surface area contributed by atoms with Gasteiger partial charge in [0.25, 0.3) is 0 Å². The Morgan fingerprint density at radius 3 is 2.83 bits per heavy atom. The van der Waals surface area contributed by atoms with Gasteiger partial charge in [-0.3, -0.25) is 4.98 Å². The Labute approximate surface area is 105 Å². The molecule has 0 fully saturated rings. The van der Waals surface area contributed by atoms with Gasteiger partial charge < -0.3 is 10.4 Å². The lowest BCUT2D eigenvalue weighted by Gasteiger charge is -2.12. The number of anilines is 1. The molecule has 2 N–H and O–H groups in total. The molecule has 1 aromatic carbocycles. The Morgan fingerprint density at radius 2 is 2.17 bits per heavy atom. The first-order valence-electron chi connectivity index (χ1n) is 5.59. The molecule has 1 heterocycles. The van der Waals surface area contributed by atoms with Crippen molar-refractivity contribution in [2.24, 2.45) is 0 Å². The van der Waals surface area contributed by atoms with Gasteiger partial charge in [0.15, 0.2) is 0 Å². The Bertz CT molecular complexity index is 620. The summed E-state index contributed by atoms with van der Waals surface area (Å²) in [6, 6.07) is 7.45. The molecule has 0 saturated heterocycles. The minimum absolute atomic E-state index is 0.176. The predicted molar refractivity (Wildman–Crippen MR) is 72.0 cm³/mol. The molecule has 18 heavy (non-hydrogen) atoms. The monoisotopic (exact) mass is 242 g/mol. The minimum atomic E-state index is -0.988. The SMILES string of the molecule is C=C(C)CNc1c(C(=O)O)cnc2ccccc12. The fraction of sp³-hybridized carbons (Fsp3) is 0.143. The van der Waals surface area contributed by atoms with Crippen molar-refractivity contribution >= 4 is 22.6 Å². The van der Waals surface area contributed by atoms with Crippen LogP contribution in [0.2, 0.25) is 0 Å². The normalized spacial score (nSPS) is 10.3. The molecule has 0 amide bonds. The second-order valence-corrected chi connectivity index (χ2v) is 4.18. The Morgan fingerprint density at radius 1 is 1.44 bits per heavy atom. The number of carboxylic acids is 1. The number of para-hydroxylation sites is 1. The summed E-state index contributed by atoms with van der Waals surface area (Å²) in [5, 5.41) is 13.1. The van der Waals surface area contributed by atoms with Crippen molar-refractivity contribution in [2.45, 2.75) is 6.92 Å². The Kier molecular flexibility index (Phi) is 3.28. The number of fused-ring (bicyclic) bond motifs is 1. The molecule has 0 radical (unpaired) electrons. The molecule has 0 spiro atoms. The summed E-state index contributed by atoms with van der Waals surface area (Å²) in [5.74, 6) is -0.988. The zero-order chi connectivity index (χ0) is 13.1. The van der Waals surface area contributed by atoms with Crippen molar-refractivity contribution in [1.82, 2.24) is 4.98 Å². The van der Waals surface area contributed by atoms with Crippen LogP contribution in [0.3, 0.4) is 0 Å². The van der Waals surface area contributed by atoms with E-state index in [-0.39, 0.29) is 5.56 Å². The molecule has 0 saturated carbocycles. The standard InChI is InChI=1S/C14H14N2O2/c1-9(2)7-16-13-10-5-3-4-6-12(10)15-8-11(13)14(17)18/h3-6,8H,1,7H2,2H3,(H,15,16)(H,17,18). The van der Waals surface area contributed by atoms with Gasteiger partial charge in [0, 0.05) is 18.1 Å². The zero-order valence-corrected chi connectivity index (χ0v) is 10.1. The smallest absolute Gasteiger partial charge is 0.339 e. The third kappa shape index (κ3) is 2.32. The largest absolute Gasteiger partial charge is 0.478 e. The quantitative estimate of drug-likeness (QED) is 0.809. The Hall–Kier alpha value is -2.36. The number of aromatic nitrogens is 1. The topological polar surface area (TPSA) is 62.2 Å². The molecular formula is C14H14N2O2. The fourth-order valence-corrected chi connectivity index (χ4v) is 1.73. The maximum atomic E-state index is 11.2. The van der Waals surface area contributed by atoms with Crippen LogP contribution < -0.4 is 5.32 Å². The molecule has 4 nitrogen and oxygen atoms in total. The molecule has 0 unspecified atom stereocenters. The van der Waals surface area contributed by atoms with Gasteiger partial charge in [-0.15, -0.1) is 0 Å². The van der Waals surface area contributed by atoms with Crippen molar-refractivity contribution in [2.75, 3.05) is 11.9 Å². The lowest BCUT2D eigenvalue weighted by molar-refractivity contribution is 0.0697. The molecule has 1 aromatic heterocycles. The van der Waals surface area contributed by atoms with Crippen LogP contribution in [-0.2, 0) is 0 Å². The first-order chi connectivity index (χ1) is 8.59. The van der Waals surface area contributed by atoms with Gasteiger partial charge in [0.05, 0.1) is 11.2 Å². The first kappa shape index (κ1) is 12.1. The lowest BCUT2D eigenvalue weighted by Crippen LogP contribution is -2.09. The van der Waals surface area contributed by atoms with Crippen molar-refractivity contribution in [1.29, 1.82) is 0 Å². The van der Waals surface area contributed by atoms with Crippen LogP contribution in [0.4, 0.5) is 5.69 Å². The van der Waals surface area contributed by atoms with Gasteiger partial charge in [-0.05, 0) is 13.0 Å². The average molecular weight is 242 g/mol. The second-order valence-electron chi connectivity index (χ2n) is 4.18. The number of nitrogens with zero attached hydrogens (tertiary/aromatic N) is 1. The molecule has 0 bridgehead atoms. The van der Waals surface area contributed by atoms with Crippen LogP contribution in [0.25, 0.3) is 10.9 Å². The third-order valence-electron chi connectivity index (χ3n) is 2.57. The highest BCUT2D eigenvalue weighted by Gasteiger charge is 2.13. The highest BCUT2D eigenvalue weighted by Crippen LogP contribution is 2.25. The molecule has 0 aliphatic rings. The van der Waals surface area contributed by atoms with Gasteiger partial charge in [0.1, 0.15) is 5.56 Å². The number of nitrogens with one attached hydrogen (secondary N) is 1. The maximum absolute atomic E-state index is 11.2. The number of hydrogen-bond donors (Lipinski definition) is 2. The summed E-state index contributed by atoms with van der Waals surface area (Å²) in [7, 11) is 0. The molecule has 0 aliphatic heterocycles. The van der Waals surface area contributed by atoms with E-state index in [0.29, 0.717) is 12.2 Å². The maximum Gasteiger partial charge on any atom is 0.339 e. The number of aromatic carboxylic acids is 1. The summed E-state index contributed by atoms with van der Waals surface area (Å²) in [6.07, 6.45) is 1.38. The van der Waals surface area contributed by atoms with Gasteiger partial charge in [-0.2, -0.15) is 0 Å². The van der Waals surface area contributed by atoms with Crippen molar-refractivity contribution in [3.8, 4) is 0 Å². The lowest BCUT2D eigenvalue weighted by atomic mass is 10.1. The number of hydrogen-bond acceptors (Lipinski definition) is 3. The van der Waals surface area contributed by atoms with Crippen LogP contribution in [0, 0.1) is 0 Å². The van der Waals surface area contributed by atoms with Crippen LogP contribution >= 0.6 is 0 Å². The molecule has 92 valence electrons. The molecule has 0 atom stereocenters. The van der Waals surface area contributed by atoms with Gasteiger partial charge in [0.2, 0.25) is 0 Å². The van der Waals surface area contributed by atoms with Gasteiger partial charge in [-0.1, -0.05) is 30.4 Å². The van der Waals surface area contributed by atoms with Crippen LogP contribution in [0.5, 0.6) is 0 Å². The molecule has 2 aromatic rings. The van der Waals surface area contributed by atoms with E-state index in [0.717, 1.165) is 16.5 Å². The van der Waals surface area contributed by atoms with E-state index in [2.05, 4.69) is 16.9 Å². The minimum Gasteiger partial charge on any atom is -0.478 e. The highest BCUT2D eigenvalue weighted by molar-refractivity contribution is 6.04. The number of benzene rings is 1. The van der Waals surface area contributed by atoms with E-state index in [1.165, 1.54) is 6.20 Å². The second kappa shape index (κ2) is 4.87. The number of carbonyl (C=O) groups is 1. The number of pyridine rings is 1. The molecule has 2 rings (SSSR count). The Balaban J connectivity index is 2.58. The fourth-order valence-electron chi connectivity index (χ4n) is 1.73. The summed E-state index contributed by atoms with van der Waals surface area (Å²) in [6.45, 7) is 6.22.